The van der Waals surface area contributed by atoms with Crippen LogP contribution in [0.25, 0.3) is 10.8 Å². The molecule has 0 aliphatic carbocycles. The number of nitrogens with one attached hydrogen (secondary N) is 1. The van der Waals surface area contributed by atoms with Crippen LogP contribution in [0.1, 0.15) is 10.4 Å². The predicted molar refractivity (Wildman–Crippen MR) is 83.4 cm³/mol. The summed E-state index contributed by atoms with van der Waals surface area (Å²) >= 11 is 5.94. The second-order valence-electron chi connectivity index (χ2n) is 4.46. The van der Waals surface area contributed by atoms with Gasteiger partial charge in [0.15, 0.2) is 0 Å². The molecule has 0 saturated carbocycles. The van der Waals surface area contributed by atoms with Gasteiger partial charge in [-0.05, 0) is 18.2 Å². The first-order chi connectivity index (χ1) is 10.1. The van der Waals surface area contributed by atoms with E-state index in [4.69, 9.17) is 17.3 Å². The average molecular weight is 299 g/mol. The van der Waals surface area contributed by atoms with Crippen molar-refractivity contribution < 1.29 is 4.79 Å². The molecule has 3 rings (SSSR count). The number of aromatic nitrogens is 2. The molecule has 2 aromatic heterocycles. The molecular weight excluding hydrogens is 288 g/mol. The Balaban J connectivity index is 1.99. The number of hydrogen-bond donors (Lipinski definition) is 2. The minimum atomic E-state index is -0.357. The molecule has 0 aliphatic heterocycles. The molecule has 0 unspecified atom stereocenters. The minimum absolute atomic E-state index is 0.114. The highest BCUT2D eigenvalue weighted by Gasteiger charge is 2.13. The molecule has 6 heteroatoms. The zero-order chi connectivity index (χ0) is 14.8. The highest BCUT2D eigenvalue weighted by molar-refractivity contribution is 6.33. The maximum atomic E-state index is 12.3. The van der Waals surface area contributed by atoms with E-state index in [1.54, 1.807) is 12.4 Å². The molecule has 0 bridgehead atoms. The standard InChI is InChI=1S/C15H11ClN4O/c16-14-12(6-10(17)8-19-14)15(21)20-13-3-1-2-9-7-18-5-4-11(9)13/h1-8H,17H2,(H,20,21). The zero-order valence-corrected chi connectivity index (χ0v) is 11.6. The van der Waals surface area contributed by atoms with Crippen molar-refractivity contribution in [3.8, 4) is 0 Å². The van der Waals surface area contributed by atoms with E-state index in [0.29, 0.717) is 11.4 Å². The summed E-state index contributed by atoms with van der Waals surface area (Å²) in [6, 6.07) is 8.92. The van der Waals surface area contributed by atoms with E-state index < -0.39 is 0 Å². The van der Waals surface area contributed by atoms with Crippen molar-refractivity contribution in [3.63, 3.8) is 0 Å². The maximum absolute atomic E-state index is 12.3. The monoisotopic (exact) mass is 298 g/mol. The smallest absolute Gasteiger partial charge is 0.258 e. The number of rotatable bonds is 2. The number of fused-ring (bicyclic) bond motifs is 1. The summed E-state index contributed by atoms with van der Waals surface area (Å²) in [4.78, 5) is 20.3. The number of halogens is 1. The summed E-state index contributed by atoms with van der Waals surface area (Å²) in [6.07, 6.45) is 4.82. The van der Waals surface area contributed by atoms with Crippen LogP contribution in [0.3, 0.4) is 0 Å². The minimum Gasteiger partial charge on any atom is -0.397 e. The lowest BCUT2D eigenvalue weighted by Crippen LogP contribution is -2.13. The lowest BCUT2D eigenvalue weighted by Gasteiger charge is -2.09. The molecule has 1 aromatic carbocycles. The first-order valence-electron chi connectivity index (χ1n) is 6.20. The largest absolute Gasteiger partial charge is 0.397 e. The number of nitrogen functional groups attached to an aromatic ring is 1. The number of carbonyl (C=O) groups excluding carboxylic acids is 1. The van der Waals surface area contributed by atoms with E-state index in [1.165, 1.54) is 12.3 Å². The Hall–Kier alpha value is -2.66. The Morgan fingerprint density at radius 3 is 2.95 bits per heavy atom. The topological polar surface area (TPSA) is 80.9 Å². The van der Waals surface area contributed by atoms with Gasteiger partial charge in [-0.25, -0.2) is 4.98 Å². The number of nitrogens with two attached hydrogens (primary N) is 1. The number of benzene rings is 1. The SMILES string of the molecule is Nc1cnc(Cl)c(C(=O)Nc2cccc3cnccc23)c1. The van der Waals surface area contributed by atoms with E-state index in [-0.39, 0.29) is 16.6 Å². The molecule has 0 atom stereocenters. The van der Waals surface area contributed by atoms with E-state index in [1.807, 2.05) is 24.3 Å². The molecule has 21 heavy (non-hydrogen) atoms. The van der Waals surface area contributed by atoms with Crippen LogP contribution >= 0.6 is 11.6 Å². The van der Waals surface area contributed by atoms with Crippen molar-refractivity contribution in [1.29, 1.82) is 0 Å². The number of hydrogen-bond acceptors (Lipinski definition) is 4. The first kappa shape index (κ1) is 13.3. The fraction of sp³-hybridized carbons (Fsp3) is 0. The summed E-state index contributed by atoms with van der Waals surface area (Å²) in [5.41, 5.74) is 6.94. The van der Waals surface area contributed by atoms with Crippen LogP contribution in [-0.4, -0.2) is 15.9 Å². The molecule has 3 N–H and O–H groups in total. The fourth-order valence-corrected chi connectivity index (χ4v) is 2.23. The van der Waals surface area contributed by atoms with Crippen LogP contribution in [0.15, 0.2) is 48.9 Å². The Labute approximate surface area is 125 Å². The van der Waals surface area contributed by atoms with Crippen LogP contribution < -0.4 is 11.1 Å². The summed E-state index contributed by atoms with van der Waals surface area (Å²) in [5, 5.41) is 4.77. The third-order valence-electron chi connectivity index (χ3n) is 3.03. The lowest BCUT2D eigenvalue weighted by atomic mass is 10.1. The van der Waals surface area contributed by atoms with Gasteiger partial charge in [0.05, 0.1) is 17.4 Å². The second kappa shape index (κ2) is 5.38. The Kier molecular flexibility index (Phi) is 3.41. The van der Waals surface area contributed by atoms with Crippen LogP contribution in [0.4, 0.5) is 11.4 Å². The lowest BCUT2D eigenvalue weighted by molar-refractivity contribution is 0.102. The van der Waals surface area contributed by atoms with Gasteiger partial charge in [-0.15, -0.1) is 0 Å². The van der Waals surface area contributed by atoms with Gasteiger partial charge in [0.2, 0.25) is 0 Å². The highest BCUT2D eigenvalue weighted by atomic mass is 35.5. The van der Waals surface area contributed by atoms with Crippen molar-refractivity contribution in [3.05, 3.63) is 59.6 Å². The van der Waals surface area contributed by atoms with Gasteiger partial charge < -0.3 is 11.1 Å². The summed E-state index contributed by atoms with van der Waals surface area (Å²) in [5.74, 6) is -0.357. The third kappa shape index (κ3) is 2.64. The molecule has 0 aliphatic rings. The number of anilines is 2. The third-order valence-corrected chi connectivity index (χ3v) is 3.33. The summed E-state index contributed by atoms with van der Waals surface area (Å²) < 4.78 is 0. The average Bonchev–Trinajstić information content (AvgIpc) is 2.50. The highest BCUT2D eigenvalue weighted by Crippen LogP contribution is 2.24. The Morgan fingerprint density at radius 2 is 2.10 bits per heavy atom. The molecule has 0 saturated heterocycles. The van der Waals surface area contributed by atoms with Crippen LogP contribution in [-0.2, 0) is 0 Å². The molecular formula is C15H11ClN4O. The molecule has 104 valence electrons. The van der Waals surface area contributed by atoms with Crippen molar-refractivity contribution in [2.24, 2.45) is 0 Å². The van der Waals surface area contributed by atoms with Crippen LogP contribution in [0, 0.1) is 0 Å². The fourth-order valence-electron chi connectivity index (χ4n) is 2.04. The molecule has 5 nitrogen and oxygen atoms in total. The molecule has 2 heterocycles. The van der Waals surface area contributed by atoms with Crippen LogP contribution in [0.2, 0.25) is 5.15 Å². The molecule has 0 spiro atoms. The normalized spacial score (nSPS) is 10.5. The van der Waals surface area contributed by atoms with Gasteiger partial charge >= 0.3 is 0 Å². The first-order valence-corrected chi connectivity index (χ1v) is 6.58. The quantitative estimate of drug-likeness (QED) is 0.712. The predicted octanol–water partition coefficient (Wildman–Crippen LogP) is 3.12. The molecule has 0 fully saturated rings. The number of carbonyl (C=O) groups is 1. The maximum Gasteiger partial charge on any atom is 0.258 e. The molecule has 0 radical (unpaired) electrons. The Bertz CT molecular complexity index is 830. The number of pyridine rings is 2. The second-order valence-corrected chi connectivity index (χ2v) is 4.82. The zero-order valence-electron chi connectivity index (χ0n) is 10.9. The van der Waals surface area contributed by atoms with Gasteiger partial charge in [-0.1, -0.05) is 23.7 Å². The number of amides is 1. The van der Waals surface area contributed by atoms with Crippen molar-refractivity contribution in [1.82, 2.24) is 9.97 Å². The van der Waals surface area contributed by atoms with Crippen LogP contribution in [0.5, 0.6) is 0 Å². The molecule has 1 amide bonds. The van der Waals surface area contributed by atoms with E-state index in [2.05, 4.69) is 15.3 Å². The van der Waals surface area contributed by atoms with E-state index >= 15 is 0 Å². The van der Waals surface area contributed by atoms with Gasteiger partial charge in [0.1, 0.15) is 5.15 Å². The van der Waals surface area contributed by atoms with Crippen molar-refractivity contribution in [2.45, 2.75) is 0 Å². The summed E-state index contributed by atoms with van der Waals surface area (Å²) in [7, 11) is 0. The van der Waals surface area contributed by atoms with Gasteiger partial charge in [0, 0.05) is 28.9 Å². The van der Waals surface area contributed by atoms with Crippen molar-refractivity contribution in [2.75, 3.05) is 11.1 Å². The van der Waals surface area contributed by atoms with E-state index in [0.717, 1.165) is 10.8 Å². The van der Waals surface area contributed by atoms with Gasteiger partial charge in [-0.2, -0.15) is 0 Å². The van der Waals surface area contributed by atoms with Gasteiger partial charge in [0.25, 0.3) is 5.91 Å². The Morgan fingerprint density at radius 1 is 1.24 bits per heavy atom. The van der Waals surface area contributed by atoms with Gasteiger partial charge in [-0.3, -0.25) is 9.78 Å². The molecule has 3 aromatic rings. The van der Waals surface area contributed by atoms with E-state index in [9.17, 15) is 4.79 Å². The number of nitrogens with zero attached hydrogens (tertiary/aromatic N) is 2. The van der Waals surface area contributed by atoms with Crippen molar-refractivity contribution >= 4 is 39.7 Å². The summed E-state index contributed by atoms with van der Waals surface area (Å²) in [6.45, 7) is 0.